The summed E-state index contributed by atoms with van der Waals surface area (Å²) in [6.45, 7) is 3.89. The molecule has 0 atom stereocenters. The third kappa shape index (κ3) is 3.77. The summed E-state index contributed by atoms with van der Waals surface area (Å²) < 4.78 is 0. The van der Waals surface area contributed by atoms with E-state index in [1.165, 1.54) is 5.56 Å². The highest BCUT2D eigenvalue weighted by Crippen LogP contribution is 2.11. The predicted molar refractivity (Wildman–Crippen MR) is 77.0 cm³/mol. The van der Waals surface area contributed by atoms with Crippen molar-refractivity contribution in [2.24, 2.45) is 0 Å². The molecule has 0 radical (unpaired) electrons. The van der Waals surface area contributed by atoms with Gasteiger partial charge in [-0.25, -0.2) is 4.98 Å². The van der Waals surface area contributed by atoms with Gasteiger partial charge in [0.15, 0.2) is 0 Å². The highest BCUT2D eigenvalue weighted by molar-refractivity contribution is 5.51. The fraction of sp³-hybridized carbons (Fsp3) is 0.267. The summed E-state index contributed by atoms with van der Waals surface area (Å²) in [5, 5.41) is 6.62. The first kappa shape index (κ1) is 12.4. The maximum Gasteiger partial charge on any atom is 0.127 e. The number of hydrogen-bond donors (Lipinski definition) is 2. The Morgan fingerprint density at radius 2 is 1.89 bits per heavy atom. The van der Waals surface area contributed by atoms with E-state index in [1.54, 1.807) is 0 Å². The van der Waals surface area contributed by atoms with Gasteiger partial charge in [0.2, 0.25) is 0 Å². The number of aromatic nitrogens is 1. The molecule has 0 saturated carbocycles. The smallest absolute Gasteiger partial charge is 0.127 e. The summed E-state index contributed by atoms with van der Waals surface area (Å²) in [7, 11) is 0. The van der Waals surface area contributed by atoms with E-state index < -0.39 is 0 Å². The van der Waals surface area contributed by atoms with Crippen LogP contribution in [0.2, 0.25) is 0 Å². The van der Waals surface area contributed by atoms with Crippen LogP contribution in [0.5, 0.6) is 0 Å². The molecule has 0 amide bonds. The van der Waals surface area contributed by atoms with Crippen molar-refractivity contribution in [3.63, 3.8) is 0 Å². The fourth-order valence-corrected chi connectivity index (χ4v) is 1.81. The van der Waals surface area contributed by atoms with E-state index in [0.717, 1.165) is 31.0 Å². The SMILES string of the molecule is CCNc1cc(NCCc2ccccc2)ccn1. The molecular weight excluding hydrogens is 222 g/mol. The summed E-state index contributed by atoms with van der Waals surface area (Å²) in [5.74, 6) is 0.919. The van der Waals surface area contributed by atoms with E-state index in [1.807, 2.05) is 24.4 Å². The lowest BCUT2D eigenvalue weighted by atomic mass is 10.1. The summed E-state index contributed by atoms with van der Waals surface area (Å²) in [5.41, 5.74) is 2.46. The Balaban J connectivity index is 1.84. The average Bonchev–Trinajstić information content (AvgIpc) is 2.41. The van der Waals surface area contributed by atoms with E-state index in [9.17, 15) is 0 Å². The van der Waals surface area contributed by atoms with Gasteiger partial charge in [0.05, 0.1) is 0 Å². The molecule has 2 rings (SSSR count). The third-order valence-corrected chi connectivity index (χ3v) is 2.70. The molecule has 1 heterocycles. The van der Waals surface area contributed by atoms with Gasteiger partial charge in [0.1, 0.15) is 5.82 Å². The second-order valence-electron chi connectivity index (χ2n) is 4.12. The quantitative estimate of drug-likeness (QED) is 0.815. The van der Waals surface area contributed by atoms with Gasteiger partial charge < -0.3 is 10.6 Å². The molecule has 1 aromatic heterocycles. The van der Waals surface area contributed by atoms with Gasteiger partial charge in [-0.3, -0.25) is 0 Å². The minimum absolute atomic E-state index is 0.889. The summed E-state index contributed by atoms with van der Waals surface area (Å²) >= 11 is 0. The number of benzene rings is 1. The lowest BCUT2D eigenvalue weighted by Gasteiger charge is -2.08. The first-order chi connectivity index (χ1) is 8.88. The van der Waals surface area contributed by atoms with Crippen molar-refractivity contribution in [3.8, 4) is 0 Å². The first-order valence-corrected chi connectivity index (χ1v) is 6.36. The topological polar surface area (TPSA) is 37.0 Å². The molecule has 0 spiro atoms. The highest BCUT2D eigenvalue weighted by atomic mass is 15.0. The van der Waals surface area contributed by atoms with Crippen LogP contribution in [0.15, 0.2) is 48.7 Å². The number of nitrogens with zero attached hydrogens (tertiary/aromatic N) is 1. The number of anilines is 2. The maximum absolute atomic E-state index is 4.24. The molecule has 0 aliphatic carbocycles. The molecular formula is C15H19N3. The second-order valence-corrected chi connectivity index (χ2v) is 4.12. The monoisotopic (exact) mass is 241 g/mol. The molecule has 3 nitrogen and oxygen atoms in total. The van der Waals surface area contributed by atoms with Crippen molar-refractivity contribution in [2.45, 2.75) is 13.3 Å². The van der Waals surface area contributed by atoms with Crippen LogP contribution >= 0.6 is 0 Å². The summed E-state index contributed by atoms with van der Waals surface area (Å²) in [6.07, 6.45) is 2.85. The summed E-state index contributed by atoms with van der Waals surface area (Å²) in [4.78, 5) is 4.24. The van der Waals surface area contributed by atoms with Gasteiger partial charge in [-0.15, -0.1) is 0 Å². The second kappa shape index (κ2) is 6.64. The Kier molecular flexibility index (Phi) is 4.59. The maximum atomic E-state index is 4.24. The molecule has 18 heavy (non-hydrogen) atoms. The van der Waals surface area contributed by atoms with Crippen molar-refractivity contribution < 1.29 is 0 Å². The van der Waals surface area contributed by atoms with Crippen molar-refractivity contribution in [3.05, 3.63) is 54.2 Å². The Bertz CT molecular complexity index is 468. The third-order valence-electron chi connectivity index (χ3n) is 2.70. The minimum atomic E-state index is 0.889. The van der Waals surface area contributed by atoms with Crippen LogP contribution in [0.4, 0.5) is 11.5 Å². The van der Waals surface area contributed by atoms with E-state index >= 15 is 0 Å². The molecule has 1 aromatic carbocycles. The zero-order chi connectivity index (χ0) is 12.6. The Morgan fingerprint density at radius 3 is 2.67 bits per heavy atom. The molecule has 94 valence electrons. The minimum Gasteiger partial charge on any atom is -0.385 e. The molecule has 3 heteroatoms. The molecule has 2 aromatic rings. The Labute approximate surface area is 108 Å². The van der Waals surface area contributed by atoms with Gasteiger partial charge >= 0.3 is 0 Å². The van der Waals surface area contributed by atoms with Crippen LogP contribution in [-0.2, 0) is 6.42 Å². The van der Waals surface area contributed by atoms with Gasteiger partial charge in [-0.2, -0.15) is 0 Å². The van der Waals surface area contributed by atoms with E-state index in [2.05, 4.69) is 46.8 Å². The lowest BCUT2D eigenvalue weighted by Crippen LogP contribution is -2.06. The molecule has 2 N–H and O–H groups in total. The van der Waals surface area contributed by atoms with Crippen molar-refractivity contribution in [1.29, 1.82) is 0 Å². The molecule has 0 fully saturated rings. The van der Waals surface area contributed by atoms with Gasteiger partial charge in [0.25, 0.3) is 0 Å². The molecule has 0 unspecified atom stereocenters. The van der Waals surface area contributed by atoms with E-state index in [0.29, 0.717) is 0 Å². The van der Waals surface area contributed by atoms with Crippen molar-refractivity contribution >= 4 is 11.5 Å². The zero-order valence-electron chi connectivity index (χ0n) is 10.7. The van der Waals surface area contributed by atoms with Crippen molar-refractivity contribution in [2.75, 3.05) is 23.7 Å². The zero-order valence-corrected chi connectivity index (χ0v) is 10.7. The fourth-order valence-electron chi connectivity index (χ4n) is 1.81. The Hall–Kier alpha value is -2.03. The number of pyridine rings is 1. The Morgan fingerprint density at radius 1 is 1.06 bits per heavy atom. The standard InChI is InChI=1S/C15H19N3/c1-2-16-15-12-14(9-11-18-15)17-10-8-13-6-4-3-5-7-13/h3-7,9,11-12H,2,8,10H2,1H3,(H2,16,17,18). The van der Waals surface area contributed by atoms with E-state index in [-0.39, 0.29) is 0 Å². The number of rotatable bonds is 6. The number of hydrogen-bond acceptors (Lipinski definition) is 3. The largest absolute Gasteiger partial charge is 0.385 e. The highest BCUT2D eigenvalue weighted by Gasteiger charge is 1.96. The lowest BCUT2D eigenvalue weighted by molar-refractivity contribution is 1.02. The van der Waals surface area contributed by atoms with Crippen LogP contribution in [-0.4, -0.2) is 18.1 Å². The molecule has 0 bridgehead atoms. The van der Waals surface area contributed by atoms with Gasteiger partial charge in [0, 0.05) is 31.0 Å². The van der Waals surface area contributed by atoms with Crippen LogP contribution < -0.4 is 10.6 Å². The number of nitrogens with one attached hydrogen (secondary N) is 2. The van der Waals surface area contributed by atoms with Crippen molar-refractivity contribution in [1.82, 2.24) is 4.98 Å². The first-order valence-electron chi connectivity index (χ1n) is 6.36. The molecule has 0 saturated heterocycles. The van der Waals surface area contributed by atoms with Crippen LogP contribution in [0, 0.1) is 0 Å². The van der Waals surface area contributed by atoms with Crippen LogP contribution in [0.3, 0.4) is 0 Å². The van der Waals surface area contributed by atoms with Gasteiger partial charge in [-0.1, -0.05) is 30.3 Å². The van der Waals surface area contributed by atoms with E-state index in [4.69, 9.17) is 0 Å². The summed E-state index contributed by atoms with van der Waals surface area (Å²) in [6, 6.07) is 14.5. The predicted octanol–water partition coefficient (Wildman–Crippen LogP) is 3.17. The molecule has 0 aliphatic rings. The van der Waals surface area contributed by atoms with Gasteiger partial charge in [-0.05, 0) is 25.0 Å². The normalized spacial score (nSPS) is 10.1. The van der Waals surface area contributed by atoms with Crippen LogP contribution in [0.25, 0.3) is 0 Å². The average molecular weight is 241 g/mol. The molecule has 0 aliphatic heterocycles. The van der Waals surface area contributed by atoms with Crippen LogP contribution in [0.1, 0.15) is 12.5 Å².